The van der Waals surface area contributed by atoms with Crippen LogP contribution >= 0.6 is 22.7 Å². The molecule has 0 saturated carbocycles. The molecule has 0 aliphatic heterocycles. The molecule has 4 rings (SSSR count). The molecule has 0 saturated heterocycles. The summed E-state index contributed by atoms with van der Waals surface area (Å²) < 4.78 is 38.3. The van der Waals surface area contributed by atoms with Gasteiger partial charge in [-0.1, -0.05) is 11.3 Å². The van der Waals surface area contributed by atoms with Gasteiger partial charge in [0.2, 0.25) is 5.91 Å². The summed E-state index contributed by atoms with van der Waals surface area (Å²) in [7, 11) is -2.55. The number of ether oxygens (including phenoxy) is 2. The molecule has 1 aliphatic carbocycles. The number of aryl methyl sites for hydroxylation is 2. The molecule has 10 nitrogen and oxygen atoms in total. The molecule has 1 N–H and O–H groups in total. The van der Waals surface area contributed by atoms with Gasteiger partial charge in [0, 0.05) is 11.4 Å². The molecule has 2 aromatic heterocycles. The third-order valence-corrected chi connectivity index (χ3v) is 9.41. The molecule has 0 atom stereocenters. The number of methoxy groups -OCH3 is 1. The van der Waals surface area contributed by atoms with Crippen molar-refractivity contribution >= 4 is 65.5 Å². The fourth-order valence-corrected chi connectivity index (χ4v) is 7.67. The van der Waals surface area contributed by atoms with Gasteiger partial charge in [0.05, 0.1) is 29.5 Å². The third kappa shape index (κ3) is 5.94. The predicted octanol–water partition coefficient (Wildman–Crippen LogP) is 2.94. The molecule has 0 unspecified atom stereocenters. The van der Waals surface area contributed by atoms with Crippen molar-refractivity contribution in [1.29, 1.82) is 0 Å². The number of carbonyl (C=O) groups is 3. The number of hydrogen-bond acceptors (Lipinski definition) is 9. The Hall–Kier alpha value is -3.03. The molecule has 13 heteroatoms. The van der Waals surface area contributed by atoms with E-state index in [-0.39, 0.29) is 11.6 Å². The fourth-order valence-electron chi connectivity index (χ4n) is 4.22. The van der Waals surface area contributed by atoms with Crippen molar-refractivity contribution in [3.8, 4) is 5.75 Å². The standard InChI is InChI=1S/C24H27N3O7S3/c1-4-27-16-10-9-14(33-3)11-18(16)36-24(27)26-20(29)13-37(31,32)12-19(28)25-22-21(23(30)34-5-2)15-7-6-8-17(15)35-22/h9-11H,4-8,12-13H2,1-3H3,(H,25,28). The van der Waals surface area contributed by atoms with Gasteiger partial charge in [-0.15, -0.1) is 11.3 Å². The first-order valence-corrected chi connectivity index (χ1v) is 15.2. The zero-order valence-electron chi connectivity index (χ0n) is 20.7. The number of hydrogen-bond donors (Lipinski definition) is 1. The van der Waals surface area contributed by atoms with Crippen LogP contribution in [0.25, 0.3) is 10.2 Å². The number of carbonyl (C=O) groups excluding carboxylic acids is 3. The van der Waals surface area contributed by atoms with E-state index in [1.54, 1.807) is 20.1 Å². The number of benzene rings is 1. The number of esters is 1. The first-order valence-electron chi connectivity index (χ1n) is 11.7. The minimum absolute atomic E-state index is 0.183. The number of thiophene rings is 1. The monoisotopic (exact) mass is 565 g/mol. The first-order chi connectivity index (χ1) is 17.7. The zero-order valence-corrected chi connectivity index (χ0v) is 23.1. The van der Waals surface area contributed by atoms with Gasteiger partial charge in [0.15, 0.2) is 14.6 Å². The van der Waals surface area contributed by atoms with E-state index in [9.17, 15) is 22.8 Å². The highest BCUT2D eigenvalue weighted by atomic mass is 32.2. The number of fused-ring (bicyclic) bond motifs is 2. The maximum Gasteiger partial charge on any atom is 0.341 e. The highest BCUT2D eigenvalue weighted by Crippen LogP contribution is 2.39. The van der Waals surface area contributed by atoms with Crippen LogP contribution in [0.3, 0.4) is 0 Å². The summed E-state index contributed by atoms with van der Waals surface area (Å²) >= 11 is 2.50. The minimum atomic E-state index is -4.11. The largest absolute Gasteiger partial charge is 0.497 e. The van der Waals surface area contributed by atoms with Gasteiger partial charge in [-0.3, -0.25) is 9.59 Å². The number of thiazole rings is 1. The lowest BCUT2D eigenvalue weighted by molar-refractivity contribution is -0.115. The molecule has 37 heavy (non-hydrogen) atoms. The topological polar surface area (TPSA) is 133 Å². The number of anilines is 1. The van der Waals surface area contributed by atoms with E-state index >= 15 is 0 Å². The van der Waals surface area contributed by atoms with Crippen molar-refractivity contribution < 1.29 is 32.3 Å². The highest BCUT2D eigenvalue weighted by molar-refractivity contribution is 7.92. The lowest BCUT2D eigenvalue weighted by Crippen LogP contribution is -2.28. The Labute approximate surface area is 221 Å². The Kier molecular flexibility index (Phi) is 8.14. The second-order valence-electron chi connectivity index (χ2n) is 8.33. The zero-order chi connectivity index (χ0) is 26.7. The summed E-state index contributed by atoms with van der Waals surface area (Å²) in [5, 5.41) is 2.83. The smallest absolute Gasteiger partial charge is 0.341 e. The van der Waals surface area contributed by atoms with Gasteiger partial charge in [0.25, 0.3) is 5.91 Å². The predicted molar refractivity (Wildman–Crippen MR) is 142 cm³/mol. The summed E-state index contributed by atoms with van der Waals surface area (Å²) in [4.78, 5) is 43.0. The van der Waals surface area contributed by atoms with Gasteiger partial charge in [-0.25, -0.2) is 13.2 Å². The van der Waals surface area contributed by atoms with Crippen LogP contribution in [-0.2, 0) is 43.5 Å². The summed E-state index contributed by atoms with van der Waals surface area (Å²) in [5.41, 5.74) is 1.99. The lowest BCUT2D eigenvalue weighted by Gasteiger charge is -2.08. The molecule has 1 aliphatic rings. The average Bonchev–Trinajstić information content (AvgIpc) is 3.49. The number of sulfone groups is 1. The van der Waals surface area contributed by atoms with Gasteiger partial charge in [0.1, 0.15) is 22.3 Å². The Balaban J connectivity index is 1.49. The van der Waals surface area contributed by atoms with E-state index in [2.05, 4.69) is 10.3 Å². The second kappa shape index (κ2) is 11.2. The van der Waals surface area contributed by atoms with Gasteiger partial charge < -0.3 is 19.4 Å². The maximum atomic E-state index is 12.7. The second-order valence-corrected chi connectivity index (χ2v) is 12.5. The SMILES string of the molecule is CCOC(=O)c1c(NC(=O)CS(=O)(=O)CC(=O)N=c2sc3cc(OC)ccc3n2CC)sc2c1CCC2. The minimum Gasteiger partial charge on any atom is -0.497 e. The van der Waals surface area contributed by atoms with Crippen LogP contribution in [0.15, 0.2) is 23.2 Å². The summed E-state index contributed by atoms with van der Waals surface area (Å²) in [6.07, 6.45) is 2.40. The fraction of sp³-hybridized carbons (Fsp3) is 0.417. The van der Waals surface area contributed by atoms with Crippen LogP contribution in [0, 0.1) is 0 Å². The molecular formula is C24H27N3O7S3. The van der Waals surface area contributed by atoms with Crippen LogP contribution in [0.4, 0.5) is 5.00 Å². The van der Waals surface area contributed by atoms with Crippen molar-refractivity contribution in [1.82, 2.24) is 4.57 Å². The van der Waals surface area contributed by atoms with Crippen LogP contribution in [0.5, 0.6) is 5.75 Å². The number of nitrogens with one attached hydrogen (secondary N) is 1. The molecule has 1 aromatic carbocycles. The molecule has 0 radical (unpaired) electrons. The van der Waals surface area contributed by atoms with E-state index in [1.807, 2.05) is 23.6 Å². The number of aromatic nitrogens is 1. The van der Waals surface area contributed by atoms with Crippen molar-refractivity contribution in [2.45, 2.75) is 39.7 Å². The Morgan fingerprint density at radius 2 is 1.92 bits per heavy atom. The number of nitrogens with zero attached hydrogens (tertiary/aromatic N) is 2. The Morgan fingerprint density at radius 3 is 2.62 bits per heavy atom. The highest BCUT2D eigenvalue weighted by Gasteiger charge is 2.29. The molecule has 2 amide bonds. The normalized spacial score (nSPS) is 13.5. The summed E-state index contributed by atoms with van der Waals surface area (Å²) in [5.74, 6) is -3.39. The Bertz CT molecular complexity index is 1550. The molecule has 2 heterocycles. The van der Waals surface area contributed by atoms with Crippen molar-refractivity contribution in [2.75, 3.05) is 30.5 Å². The van der Waals surface area contributed by atoms with Crippen molar-refractivity contribution in [3.05, 3.63) is 39.0 Å². The van der Waals surface area contributed by atoms with Gasteiger partial charge >= 0.3 is 5.97 Å². The van der Waals surface area contributed by atoms with Crippen LogP contribution in [0.1, 0.15) is 41.1 Å². The van der Waals surface area contributed by atoms with E-state index < -0.39 is 39.1 Å². The number of rotatable bonds is 9. The summed E-state index contributed by atoms with van der Waals surface area (Å²) in [6, 6.07) is 5.47. The van der Waals surface area contributed by atoms with Crippen LogP contribution < -0.4 is 14.9 Å². The van der Waals surface area contributed by atoms with E-state index in [0.717, 1.165) is 33.5 Å². The van der Waals surface area contributed by atoms with E-state index in [1.165, 1.54) is 22.7 Å². The van der Waals surface area contributed by atoms with Crippen molar-refractivity contribution in [2.24, 2.45) is 4.99 Å². The third-order valence-electron chi connectivity index (χ3n) is 5.77. The van der Waals surface area contributed by atoms with E-state index in [0.29, 0.717) is 29.1 Å². The molecule has 3 aromatic rings. The Morgan fingerprint density at radius 1 is 1.14 bits per heavy atom. The number of amides is 2. The first kappa shape index (κ1) is 27.0. The molecule has 0 bridgehead atoms. The van der Waals surface area contributed by atoms with Crippen molar-refractivity contribution in [3.63, 3.8) is 0 Å². The quantitative estimate of drug-likeness (QED) is 0.395. The van der Waals surface area contributed by atoms with Gasteiger partial charge in [-0.2, -0.15) is 4.99 Å². The average molecular weight is 566 g/mol. The molecule has 0 spiro atoms. The molecule has 198 valence electrons. The van der Waals surface area contributed by atoms with Crippen LogP contribution in [0.2, 0.25) is 0 Å². The van der Waals surface area contributed by atoms with Gasteiger partial charge in [-0.05, 0) is 56.9 Å². The lowest BCUT2D eigenvalue weighted by atomic mass is 10.1. The summed E-state index contributed by atoms with van der Waals surface area (Å²) in [6.45, 7) is 4.30. The van der Waals surface area contributed by atoms with Crippen LogP contribution in [-0.4, -0.2) is 56.0 Å². The molecular weight excluding hydrogens is 538 g/mol. The molecule has 0 fully saturated rings. The van der Waals surface area contributed by atoms with E-state index in [4.69, 9.17) is 9.47 Å². The maximum absolute atomic E-state index is 12.7.